The Kier molecular flexibility index (Phi) is 6.13. The molecule has 128 valence electrons. The lowest BCUT2D eigenvalue weighted by Crippen LogP contribution is -2.15. The molecule has 0 bridgehead atoms. The summed E-state index contributed by atoms with van der Waals surface area (Å²) < 4.78 is 0. The van der Waals surface area contributed by atoms with Gasteiger partial charge < -0.3 is 5.32 Å². The third-order valence-electron chi connectivity index (χ3n) is 3.51. The average molecular weight is 389 g/mol. The predicted octanol–water partition coefficient (Wildman–Crippen LogP) is 5.58. The van der Waals surface area contributed by atoms with Gasteiger partial charge in [-0.2, -0.15) is 0 Å². The maximum absolute atomic E-state index is 12.2. The maximum atomic E-state index is 12.2. The van der Waals surface area contributed by atoms with E-state index in [4.69, 9.17) is 11.6 Å². The number of hydrogen-bond acceptors (Lipinski definition) is 4. The summed E-state index contributed by atoms with van der Waals surface area (Å²) in [4.78, 5) is 17.9. The minimum absolute atomic E-state index is 0.0438. The van der Waals surface area contributed by atoms with E-state index in [9.17, 15) is 4.79 Å². The van der Waals surface area contributed by atoms with Crippen molar-refractivity contribution in [2.45, 2.75) is 24.0 Å². The van der Waals surface area contributed by atoms with E-state index in [1.807, 2.05) is 60.8 Å². The number of thiazole rings is 1. The quantitative estimate of drug-likeness (QED) is 0.560. The van der Waals surface area contributed by atoms with Gasteiger partial charge in [0.1, 0.15) is 5.01 Å². The first-order valence-electron chi connectivity index (χ1n) is 7.77. The number of nitrogens with zero attached hydrogens (tertiary/aromatic N) is 1. The van der Waals surface area contributed by atoms with Gasteiger partial charge in [0.15, 0.2) is 0 Å². The molecule has 0 fully saturated rings. The molecule has 1 N–H and O–H groups in total. The summed E-state index contributed by atoms with van der Waals surface area (Å²) in [6.45, 7) is 1.98. The molecule has 0 aliphatic heterocycles. The molecule has 3 nitrogen and oxygen atoms in total. The van der Waals surface area contributed by atoms with E-state index in [-0.39, 0.29) is 5.91 Å². The number of thioether (sulfide) groups is 1. The standard InChI is InChI=1S/C19H17ClN2OS2/c1-13-5-2-3-8-17(13)22-18(23)10-19-21-15(12-25-19)11-24-16-7-4-6-14(20)9-16/h2-9,12H,10-11H2,1H3,(H,22,23). The summed E-state index contributed by atoms with van der Waals surface area (Å²) in [6.07, 6.45) is 0.292. The molecule has 25 heavy (non-hydrogen) atoms. The summed E-state index contributed by atoms with van der Waals surface area (Å²) in [5.74, 6) is 0.716. The third-order valence-corrected chi connectivity index (χ3v) is 5.67. The maximum Gasteiger partial charge on any atom is 0.231 e. The summed E-state index contributed by atoms with van der Waals surface area (Å²) in [6, 6.07) is 15.5. The summed E-state index contributed by atoms with van der Waals surface area (Å²) >= 11 is 9.20. The van der Waals surface area contributed by atoms with Gasteiger partial charge in [0.2, 0.25) is 5.91 Å². The van der Waals surface area contributed by atoms with Crippen LogP contribution in [0.4, 0.5) is 5.69 Å². The van der Waals surface area contributed by atoms with Gasteiger partial charge in [0.05, 0.1) is 12.1 Å². The third kappa shape index (κ3) is 5.33. The number of anilines is 1. The molecule has 0 radical (unpaired) electrons. The topological polar surface area (TPSA) is 42.0 Å². The predicted molar refractivity (Wildman–Crippen MR) is 107 cm³/mol. The highest BCUT2D eigenvalue weighted by Crippen LogP contribution is 2.26. The second kappa shape index (κ2) is 8.52. The van der Waals surface area contributed by atoms with E-state index in [2.05, 4.69) is 10.3 Å². The van der Waals surface area contributed by atoms with Crippen molar-refractivity contribution in [3.8, 4) is 0 Å². The first-order chi connectivity index (χ1) is 12.1. The van der Waals surface area contributed by atoms with Crippen LogP contribution in [0.5, 0.6) is 0 Å². The number of carbonyl (C=O) groups excluding carboxylic acids is 1. The van der Waals surface area contributed by atoms with Crippen LogP contribution in [0, 0.1) is 6.92 Å². The molecule has 0 saturated carbocycles. The van der Waals surface area contributed by atoms with Crippen LogP contribution < -0.4 is 5.32 Å². The Labute approximate surface area is 160 Å². The fourth-order valence-electron chi connectivity index (χ4n) is 2.26. The van der Waals surface area contributed by atoms with Gasteiger partial charge in [0.25, 0.3) is 0 Å². The molecule has 0 saturated heterocycles. The lowest BCUT2D eigenvalue weighted by molar-refractivity contribution is -0.115. The summed E-state index contributed by atoms with van der Waals surface area (Å²) in [5.41, 5.74) is 2.88. The summed E-state index contributed by atoms with van der Waals surface area (Å²) in [5, 5.41) is 6.51. The minimum Gasteiger partial charge on any atom is -0.325 e. The molecule has 0 aliphatic rings. The zero-order valence-corrected chi connectivity index (χ0v) is 16.0. The van der Waals surface area contributed by atoms with Crippen molar-refractivity contribution in [3.63, 3.8) is 0 Å². The van der Waals surface area contributed by atoms with Crippen LogP contribution in [-0.2, 0) is 17.0 Å². The number of nitrogens with one attached hydrogen (secondary N) is 1. The van der Waals surface area contributed by atoms with Crippen molar-refractivity contribution in [2.75, 3.05) is 5.32 Å². The minimum atomic E-state index is -0.0438. The molecule has 0 aliphatic carbocycles. The largest absolute Gasteiger partial charge is 0.325 e. The van der Waals surface area contributed by atoms with Gasteiger partial charge in [-0.15, -0.1) is 23.1 Å². The number of aromatic nitrogens is 1. The molecular formula is C19H17ClN2OS2. The van der Waals surface area contributed by atoms with E-state index >= 15 is 0 Å². The Morgan fingerprint density at radius 3 is 2.88 bits per heavy atom. The van der Waals surface area contributed by atoms with Crippen LogP contribution in [0.2, 0.25) is 5.02 Å². The van der Waals surface area contributed by atoms with E-state index in [1.54, 1.807) is 11.8 Å². The van der Waals surface area contributed by atoms with Crippen LogP contribution >= 0.6 is 34.7 Å². The fourth-order valence-corrected chi connectivity index (χ4v) is 4.26. The van der Waals surface area contributed by atoms with Gasteiger partial charge in [0, 0.05) is 26.7 Å². The van der Waals surface area contributed by atoms with Crippen molar-refractivity contribution in [1.29, 1.82) is 0 Å². The van der Waals surface area contributed by atoms with Crippen molar-refractivity contribution in [1.82, 2.24) is 4.98 Å². The van der Waals surface area contributed by atoms with Gasteiger partial charge in [-0.1, -0.05) is 35.9 Å². The van der Waals surface area contributed by atoms with Gasteiger partial charge in [-0.3, -0.25) is 4.79 Å². The van der Waals surface area contributed by atoms with Crippen molar-refractivity contribution >= 4 is 46.3 Å². The smallest absolute Gasteiger partial charge is 0.231 e. The van der Waals surface area contributed by atoms with E-state index < -0.39 is 0 Å². The number of benzene rings is 2. The monoisotopic (exact) mass is 388 g/mol. The lowest BCUT2D eigenvalue weighted by Gasteiger charge is -2.06. The average Bonchev–Trinajstić information content (AvgIpc) is 3.02. The molecule has 1 heterocycles. The van der Waals surface area contributed by atoms with Gasteiger partial charge in [-0.05, 0) is 36.8 Å². The molecule has 1 aromatic heterocycles. The number of rotatable bonds is 6. The van der Waals surface area contributed by atoms with E-state index in [1.165, 1.54) is 11.3 Å². The van der Waals surface area contributed by atoms with Gasteiger partial charge >= 0.3 is 0 Å². The second-order valence-corrected chi connectivity index (χ2v) is 7.95. The van der Waals surface area contributed by atoms with Crippen LogP contribution in [0.15, 0.2) is 58.8 Å². The number of aryl methyl sites for hydroxylation is 1. The fraction of sp³-hybridized carbons (Fsp3) is 0.158. The first-order valence-corrected chi connectivity index (χ1v) is 10.0. The zero-order valence-electron chi connectivity index (χ0n) is 13.7. The number of carbonyl (C=O) groups is 1. The Hall–Kier alpha value is -1.82. The number of halogens is 1. The van der Waals surface area contributed by atoms with Gasteiger partial charge in [-0.25, -0.2) is 4.98 Å². The molecule has 1 amide bonds. The van der Waals surface area contributed by atoms with Crippen molar-refractivity contribution < 1.29 is 4.79 Å². The Bertz CT molecular complexity index is 879. The summed E-state index contributed by atoms with van der Waals surface area (Å²) in [7, 11) is 0. The normalized spacial score (nSPS) is 10.6. The first kappa shape index (κ1) is 18.0. The molecule has 2 aromatic carbocycles. The molecule has 0 atom stereocenters. The highest BCUT2D eigenvalue weighted by molar-refractivity contribution is 7.98. The molecule has 3 aromatic rings. The van der Waals surface area contributed by atoms with Crippen molar-refractivity contribution in [3.05, 3.63) is 75.2 Å². The number of para-hydroxylation sites is 1. The zero-order chi connectivity index (χ0) is 17.6. The molecule has 0 unspecified atom stereocenters. The van der Waals surface area contributed by atoms with Crippen LogP contribution in [0.1, 0.15) is 16.3 Å². The second-order valence-electron chi connectivity index (χ2n) is 5.52. The molecule has 0 spiro atoms. The lowest BCUT2D eigenvalue weighted by atomic mass is 10.2. The molecule has 3 rings (SSSR count). The Balaban J connectivity index is 1.54. The van der Waals surface area contributed by atoms with Crippen LogP contribution in [0.3, 0.4) is 0 Å². The number of amides is 1. The highest BCUT2D eigenvalue weighted by atomic mass is 35.5. The van der Waals surface area contributed by atoms with Crippen molar-refractivity contribution in [2.24, 2.45) is 0 Å². The van der Waals surface area contributed by atoms with E-state index in [0.717, 1.165) is 37.6 Å². The number of hydrogen-bond donors (Lipinski definition) is 1. The Morgan fingerprint density at radius 2 is 2.08 bits per heavy atom. The highest BCUT2D eigenvalue weighted by Gasteiger charge is 2.10. The van der Waals surface area contributed by atoms with Crippen LogP contribution in [-0.4, -0.2) is 10.9 Å². The molecule has 6 heteroatoms. The SMILES string of the molecule is Cc1ccccc1NC(=O)Cc1nc(CSc2cccc(Cl)c2)cs1. The van der Waals surface area contributed by atoms with Crippen LogP contribution in [0.25, 0.3) is 0 Å². The van der Waals surface area contributed by atoms with E-state index in [0.29, 0.717) is 6.42 Å². The molecular weight excluding hydrogens is 372 g/mol. The Morgan fingerprint density at radius 1 is 1.24 bits per heavy atom.